The number of hydrogen-bond acceptors (Lipinski definition) is 2. The van der Waals surface area contributed by atoms with Gasteiger partial charge in [0, 0.05) is 10.4 Å². The van der Waals surface area contributed by atoms with Crippen LogP contribution >= 0.6 is 15.9 Å². The zero-order valence-corrected chi connectivity index (χ0v) is 19.9. The van der Waals surface area contributed by atoms with Crippen molar-refractivity contribution in [2.75, 3.05) is 0 Å². The lowest BCUT2D eigenvalue weighted by atomic mass is 9.79. The molecule has 1 aliphatic rings. The standard InChI is InChI=1S/C29H24BrFO2/c1-19-25(8-5-9-27(19)31)29-28(21-10-12-23(30)13-11-21)26-15-14-24(16-22(26)18-33-29)32-17-20-6-3-2-4-7-20/h2-16,28-29H,17-18H2,1H3. The van der Waals surface area contributed by atoms with E-state index in [1.807, 2.05) is 49.4 Å². The van der Waals surface area contributed by atoms with Gasteiger partial charge in [-0.2, -0.15) is 0 Å². The average molecular weight is 503 g/mol. The van der Waals surface area contributed by atoms with Gasteiger partial charge in [0.05, 0.1) is 12.7 Å². The fourth-order valence-corrected chi connectivity index (χ4v) is 4.77. The van der Waals surface area contributed by atoms with E-state index in [1.54, 1.807) is 6.07 Å². The Morgan fingerprint density at radius 3 is 2.48 bits per heavy atom. The van der Waals surface area contributed by atoms with Gasteiger partial charge in [-0.3, -0.25) is 0 Å². The topological polar surface area (TPSA) is 18.5 Å². The predicted octanol–water partition coefficient (Wildman–Crippen LogP) is 7.88. The summed E-state index contributed by atoms with van der Waals surface area (Å²) >= 11 is 3.53. The predicted molar refractivity (Wildman–Crippen MR) is 132 cm³/mol. The molecular weight excluding hydrogens is 479 g/mol. The van der Waals surface area contributed by atoms with Crippen LogP contribution in [0.3, 0.4) is 0 Å². The molecule has 0 saturated heterocycles. The van der Waals surface area contributed by atoms with Crippen molar-refractivity contribution in [2.24, 2.45) is 0 Å². The van der Waals surface area contributed by atoms with E-state index in [1.165, 1.54) is 11.6 Å². The van der Waals surface area contributed by atoms with Crippen LogP contribution in [-0.4, -0.2) is 0 Å². The van der Waals surface area contributed by atoms with Gasteiger partial charge in [-0.15, -0.1) is 0 Å². The normalized spacial score (nSPS) is 17.4. The maximum atomic E-state index is 14.4. The Bertz CT molecular complexity index is 1250. The highest BCUT2D eigenvalue weighted by Crippen LogP contribution is 2.46. The Balaban J connectivity index is 1.51. The van der Waals surface area contributed by atoms with Crippen molar-refractivity contribution in [2.45, 2.75) is 32.2 Å². The Morgan fingerprint density at radius 1 is 0.909 bits per heavy atom. The van der Waals surface area contributed by atoms with Crippen molar-refractivity contribution in [3.8, 4) is 5.75 Å². The lowest BCUT2D eigenvalue weighted by Crippen LogP contribution is -2.23. The minimum Gasteiger partial charge on any atom is -0.489 e. The van der Waals surface area contributed by atoms with Crippen molar-refractivity contribution in [3.05, 3.63) is 135 Å². The molecule has 0 spiro atoms. The molecule has 0 aromatic heterocycles. The average Bonchev–Trinajstić information content (AvgIpc) is 2.85. The lowest BCUT2D eigenvalue weighted by molar-refractivity contribution is 0.0141. The van der Waals surface area contributed by atoms with E-state index in [9.17, 15) is 4.39 Å². The van der Waals surface area contributed by atoms with Gasteiger partial charge in [0.1, 0.15) is 18.2 Å². The first-order valence-corrected chi connectivity index (χ1v) is 11.8. The summed E-state index contributed by atoms with van der Waals surface area (Å²) in [4.78, 5) is 0. The van der Waals surface area contributed by atoms with Gasteiger partial charge in [0.15, 0.2) is 0 Å². The van der Waals surface area contributed by atoms with Crippen LogP contribution in [0.5, 0.6) is 5.75 Å². The molecule has 2 unspecified atom stereocenters. The Morgan fingerprint density at radius 2 is 1.70 bits per heavy atom. The number of fused-ring (bicyclic) bond motifs is 1. The summed E-state index contributed by atoms with van der Waals surface area (Å²) in [5.41, 5.74) is 6.06. The molecule has 33 heavy (non-hydrogen) atoms. The third-order valence-electron chi connectivity index (χ3n) is 6.26. The molecule has 0 aliphatic carbocycles. The maximum absolute atomic E-state index is 14.4. The highest BCUT2D eigenvalue weighted by molar-refractivity contribution is 9.10. The molecule has 4 aromatic rings. The number of ether oxygens (including phenoxy) is 2. The molecular formula is C29H24BrFO2. The summed E-state index contributed by atoms with van der Waals surface area (Å²) in [6.45, 7) is 2.79. The van der Waals surface area contributed by atoms with Crippen molar-refractivity contribution in [3.63, 3.8) is 0 Å². The third kappa shape index (κ3) is 4.59. The van der Waals surface area contributed by atoms with Crippen molar-refractivity contribution in [1.29, 1.82) is 0 Å². The van der Waals surface area contributed by atoms with Gasteiger partial charge in [-0.05, 0) is 70.6 Å². The molecule has 0 amide bonds. The molecule has 4 aromatic carbocycles. The molecule has 4 heteroatoms. The van der Waals surface area contributed by atoms with Crippen LogP contribution in [0.2, 0.25) is 0 Å². The van der Waals surface area contributed by atoms with Crippen LogP contribution in [0.4, 0.5) is 4.39 Å². The second-order valence-corrected chi connectivity index (χ2v) is 9.27. The molecule has 0 radical (unpaired) electrons. The number of benzene rings is 4. The van der Waals surface area contributed by atoms with Crippen LogP contribution in [0, 0.1) is 12.7 Å². The highest BCUT2D eigenvalue weighted by Gasteiger charge is 2.34. The number of halogens is 2. The molecule has 2 nitrogen and oxygen atoms in total. The first-order valence-electron chi connectivity index (χ1n) is 11.0. The Labute approximate surface area is 202 Å². The number of rotatable bonds is 5. The van der Waals surface area contributed by atoms with Crippen LogP contribution < -0.4 is 4.74 Å². The minimum absolute atomic E-state index is 0.0504. The second kappa shape index (κ2) is 9.50. The van der Waals surface area contributed by atoms with Gasteiger partial charge in [0.25, 0.3) is 0 Å². The summed E-state index contributed by atoms with van der Waals surface area (Å²) in [6, 6.07) is 29.9. The SMILES string of the molecule is Cc1c(F)cccc1C1OCc2cc(OCc3ccccc3)ccc2C1c1ccc(Br)cc1. The van der Waals surface area contributed by atoms with E-state index < -0.39 is 0 Å². The molecule has 0 saturated carbocycles. The van der Waals surface area contributed by atoms with Crippen molar-refractivity contribution in [1.82, 2.24) is 0 Å². The monoisotopic (exact) mass is 502 g/mol. The zero-order valence-electron chi connectivity index (χ0n) is 18.3. The lowest BCUT2D eigenvalue weighted by Gasteiger charge is -2.35. The van der Waals surface area contributed by atoms with E-state index in [4.69, 9.17) is 9.47 Å². The van der Waals surface area contributed by atoms with E-state index in [2.05, 4.69) is 52.3 Å². The smallest absolute Gasteiger partial charge is 0.126 e. The molecule has 1 heterocycles. The van der Waals surface area contributed by atoms with Gasteiger partial charge in [-0.25, -0.2) is 4.39 Å². The molecule has 0 bridgehead atoms. The minimum atomic E-state index is -0.273. The highest BCUT2D eigenvalue weighted by atomic mass is 79.9. The summed E-state index contributed by atoms with van der Waals surface area (Å²) in [5.74, 6) is 0.558. The molecule has 5 rings (SSSR count). The fraction of sp³-hybridized carbons (Fsp3) is 0.172. The molecule has 1 aliphatic heterocycles. The van der Waals surface area contributed by atoms with Crippen LogP contribution in [0.15, 0.2) is 95.5 Å². The summed E-state index contributed by atoms with van der Waals surface area (Å²) in [6.07, 6.45) is -0.273. The third-order valence-corrected chi connectivity index (χ3v) is 6.79. The maximum Gasteiger partial charge on any atom is 0.126 e. The first kappa shape index (κ1) is 21.9. The number of hydrogen-bond donors (Lipinski definition) is 0. The molecule has 0 fully saturated rings. The van der Waals surface area contributed by atoms with Gasteiger partial charge in [-0.1, -0.05) is 76.6 Å². The van der Waals surface area contributed by atoms with E-state index in [0.717, 1.165) is 32.5 Å². The van der Waals surface area contributed by atoms with Crippen LogP contribution in [0.25, 0.3) is 0 Å². The zero-order chi connectivity index (χ0) is 22.8. The summed E-state index contributed by atoms with van der Waals surface area (Å²) in [7, 11) is 0. The largest absolute Gasteiger partial charge is 0.489 e. The van der Waals surface area contributed by atoms with E-state index >= 15 is 0 Å². The quantitative estimate of drug-likeness (QED) is 0.276. The van der Waals surface area contributed by atoms with Gasteiger partial charge < -0.3 is 9.47 Å². The van der Waals surface area contributed by atoms with Crippen molar-refractivity contribution < 1.29 is 13.9 Å². The Hall–Kier alpha value is -2.95. The molecule has 2 atom stereocenters. The first-order chi connectivity index (χ1) is 16.1. The summed E-state index contributed by atoms with van der Waals surface area (Å²) < 4.78 is 27.9. The summed E-state index contributed by atoms with van der Waals surface area (Å²) in [5, 5.41) is 0. The van der Waals surface area contributed by atoms with Gasteiger partial charge >= 0.3 is 0 Å². The Kier molecular flexibility index (Phi) is 6.30. The van der Waals surface area contributed by atoms with Crippen LogP contribution in [0.1, 0.15) is 45.4 Å². The van der Waals surface area contributed by atoms with E-state index in [0.29, 0.717) is 18.8 Å². The second-order valence-electron chi connectivity index (χ2n) is 8.35. The molecule has 166 valence electrons. The van der Waals surface area contributed by atoms with Crippen molar-refractivity contribution >= 4 is 15.9 Å². The van der Waals surface area contributed by atoms with E-state index in [-0.39, 0.29) is 17.8 Å². The van der Waals surface area contributed by atoms with Crippen LogP contribution in [-0.2, 0) is 18.0 Å². The fourth-order valence-electron chi connectivity index (χ4n) is 4.51. The molecule has 0 N–H and O–H groups in total. The van der Waals surface area contributed by atoms with Gasteiger partial charge in [0.2, 0.25) is 0 Å².